The predicted molar refractivity (Wildman–Crippen MR) is 170 cm³/mol. The SMILES string of the molecule is c1ccc(-c2nn3c(-c4ccc(-c5cnc6ccccc6c5)cc4)cc4ccccc4c3c2-c2ccccc2)cc1. The van der Waals surface area contributed by atoms with Crippen molar-refractivity contribution in [3.8, 4) is 44.8 Å². The lowest BCUT2D eigenvalue weighted by Gasteiger charge is -2.11. The van der Waals surface area contributed by atoms with Crippen LogP contribution in [0.3, 0.4) is 0 Å². The summed E-state index contributed by atoms with van der Waals surface area (Å²) in [6.45, 7) is 0. The molecule has 3 heterocycles. The van der Waals surface area contributed by atoms with Crippen molar-refractivity contribution in [2.75, 3.05) is 0 Å². The molecule has 0 saturated heterocycles. The molecule has 0 aliphatic carbocycles. The smallest absolute Gasteiger partial charge is 0.101 e. The Morgan fingerprint density at radius 1 is 0.463 bits per heavy atom. The molecule has 0 aliphatic rings. The molecular weight excluding hydrogens is 498 g/mol. The maximum absolute atomic E-state index is 5.31. The normalized spacial score (nSPS) is 11.4. The van der Waals surface area contributed by atoms with Crippen molar-refractivity contribution in [3.63, 3.8) is 0 Å². The van der Waals surface area contributed by atoms with E-state index in [0.29, 0.717) is 0 Å². The van der Waals surface area contributed by atoms with Crippen LogP contribution in [0.25, 0.3) is 72.0 Å². The van der Waals surface area contributed by atoms with Crippen LogP contribution in [-0.2, 0) is 0 Å². The van der Waals surface area contributed by atoms with Gasteiger partial charge < -0.3 is 0 Å². The lowest BCUT2D eigenvalue weighted by molar-refractivity contribution is 0.979. The minimum absolute atomic E-state index is 0.980. The highest BCUT2D eigenvalue weighted by molar-refractivity contribution is 6.08. The Kier molecular flexibility index (Phi) is 5.46. The average molecular weight is 524 g/mol. The van der Waals surface area contributed by atoms with Gasteiger partial charge in [0.05, 0.1) is 16.7 Å². The molecule has 3 heteroatoms. The van der Waals surface area contributed by atoms with Crippen LogP contribution in [0.2, 0.25) is 0 Å². The molecule has 0 amide bonds. The molecule has 0 aliphatic heterocycles. The van der Waals surface area contributed by atoms with Crippen LogP contribution in [0, 0.1) is 0 Å². The zero-order valence-electron chi connectivity index (χ0n) is 22.3. The van der Waals surface area contributed by atoms with Gasteiger partial charge in [-0.1, -0.05) is 127 Å². The third-order valence-corrected chi connectivity index (χ3v) is 7.84. The lowest BCUT2D eigenvalue weighted by Crippen LogP contribution is -1.96. The van der Waals surface area contributed by atoms with Gasteiger partial charge in [0.15, 0.2) is 0 Å². The third kappa shape index (κ3) is 3.98. The number of pyridine rings is 2. The Morgan fingerprint density at radius 3 is 1.88 bits per heavy atom. The standard InChI is InChI=1S/C38H25N3/c1-3-11-28(12-4-1)36-37(29-13-5-2-6-14-29)40-41-35(24-30-15-7-9-17-33(30)38(36)41)27-21-19-26(20-22-27)32-23-31-16-8-10-18-34(31)39-25-32/h1-25H. The van der Waals surface area contributed by atoms with Gasteiger partial charge in [-0.2, -0.15) is 5.10 Å². The first kappa shape index (κ1) is 23.4. The van der Waals surface area contributed by atoms with E-state index in [2.05, 4.69) is 143 Å². The number of nitrogens with zero attached hydrogens (tertiary/aromatic N) is 3. The number of aromatic nitrogens is 3. The van der Waals surface area contributed by atoms with Crippen LogP contribution < -0.4 is 0 Å². The molecule has 8 rings (SSSR count). The first-order valence-corrected chi connectivity index (χ1v) is 13.8. The second-order valence-corrected chi connectivity index (χ2v) is 10.3. The van der Waals surface area contributed by atoms with Gasteiger partial charge in [-0.05, 0) is 34.7 Å². The van der Waals surface area contributed by atoms with Crippen molar-refractivity contribution >= 4 is 27.2 Å². The zero-order valence-corrected chi connectivity index (χ0v) is 22.3. The van der Waals surface area contributed by atoms with Gasteiger partial charge in [0.2, 0.25) is 0 Å². The number of hydrogen-bond donors (Lipinski definition) is 0. The summed E-state index contributed by atoms with van der Waals surface area (Å²) in [5.74, 6) is 0. The van der Waals surface area contributed by atoms with Gasteiger partial charge in [0.25, 0.3) is 0 Å². The Labute approximate surface area is 238 Å². The van der Waals surface area contributed by atoms with Gasteiger partial charge in [-0.3, -0.25) is 4.98 Å². The summed E-state index contributed by atoms with van der Waals surface area (Å²) in [6.07, 6.45) is 1.96. The van der Waals surface area contributed by atoms with E-state index < -0.39 is 0 Å². The van der Waals surface area contributed by atoms with Gasteiger partial charge in [0, 0.05) is 39.2 Å². The largest absolute Gasteiger partial charge is 0.256 e. The number of hydrogen-bond acceptors (Lipinski definition) is 2. The quantitative estimate of drug-likeness (QED) is 0.230. The highest BCUT2D eigenvalue weighted by Crippen LogP contribution is 2.40. The van der Waals surface area contributed by atoms with Gasteiger partial charge in [-0.25, -0.2) is 4.52 Å². The van der Waals surface area contributed by atoms with Crippen molar-refractivity contribution in [2.24, 2.45) is 0 Å². The number of para-hydroxylation sites is 1. The summed E-state index contributed by atoms with van der Waals surface area (Å²) in [6, 6.07) is 51.2. The van der Waals surface area contributed by atoms with Crippen LogP contribution in [0.4, 0.5) is 0 Å². The molecule has 3 nitrogen and oxygen atoms in total. The summed E-state index contributed by atoms with van der Waals surface area (Å²) in [7, 11) is 0. The van der Waals surface area contributed by atoms with Crippen LogP contribution in [0.15, 0.2) is 152 Å². The fourth-order valence-electron chi connectivity index (χ4n) is 5.83. The molecule has 0 unspecified atom stereocenters. The first-order valence-electron chi connectivity index (χ1n) is 13.8. The summed E-state index contributed by atoms with van der Waals surface area (Å²) < 4.78 is 2.14. The lowest BCUT2D eigenvalue weighted by atomic mass is 9.96. The summed E-state index contributed by atoms with van der Waals surface area (Å²) >= 11 is 0. The number of benzene rings is 5. The predicted octanol–water partition coefficient (Wildman–Crippen LogP) is 9.70. The Morgan fingerprint density at radius 2 is 1.10 bits per heavy atom. The van der Waals surface area contributed by atoms with Gasteiger partial charge in [-0.15, -0.1) is 0 Å². The van der Waals surface area contributed by atoms with Crippen molar-refractivity contribution in [1.29, 1.82) is 0 Å². The maximum Gasteiger partial charge on any atom is 0.101 e. The topological polar surface area (TPSA) is 30.2 Å². The summed E-state index contributed by atoms with van der Waals surface area (Å²) in [5, 5.41) is 8.82. The van der Waals surface area contributed by atoms with Crippen molar-refractivity contribution in [1.82, 2.24) is 14.6 Å². The Balaban J connectivity index is 1.36. The molecule has 0 fully saturated rings. The number of rotatable bonds is 4. The van der Waals surface area contributed by atoms with E-state index in [-0.39, 0.29) is 0 Å². The van der Waals surface area contributed by atoms with Gasteiger partial charge >= 0.3 is 0 Å². The Bertz CT molecular complexity index is 2180. The molecule has 3 aromatic heterocycles. The fourth-order valence-corrected chi connectivity index (χ4v) is 5.83. The van der Waals surface area contributed by atoms with E-state index in [0.717, 1.165) is 61.2 Å². The Hall–Kier alpha value is -5.54. The number of fused-ring (bicyclic) bond motifs is 4. The van der Waals surface area contributed by atoms with Gasteiger partial charge in [0.1, 0.15) is 5.69 Å². The molecule has 41 heavy (non-hydrogen) atoms. The van der Waals surface area contributed by atoms with Crippen molar-refractivity contribution in [2.45, 2.75) is 0 Å². The zero-order chi connectivity index (χ0) is 27.2. The van der Waals surface area contributed by atoms with Crippen molar-refractivity contribution < 1.29 is 0 Å². The van der Waals surface area contributed by atoms with E-state index >= 15 is 0 Å². The molecule has 0 radical (unpaired) electrons. The second kappa shape index (κ2) is 9.58. The minimum atomic E-state index is 0.980. The van der Waals surface area contributed by atoms with Crippen molar-refractivity contribution in [3.05, 3.63) is 152 Å². The maximum atomic E-state index is 5.31. The monoisotopic (exact) mass is 523 g/mol. The molecule has 0 saturated carbocycles. The van der Waals surface area contributed by atoms with E-state index in [1.54, 1.807) is 0 Å². The van der Waals surface area contributed by atoms with E-state index in [1.165, 1.54) is 10.8 Å². The molecule has 0 atom stereocenters. The molecule has 0 bridgehead atoms. The van der Waals surface area contributed by atoms with Crippen LogP contribution >= 0.6 is 0 Å². The fraction of sp³-hybridized carbons (Fsp3) is 0. The molecule has 5 aromatic carbocycles. The van der Waals surface area contributed by atoms with E-state index in [4.69, 9.17) is 5.10 Å². The molecule has 8 aromatic rings. The first-order chi connectivity index (χ1) is 20.3. The molecule has 0 spiro atoms. The van der Waals surface area contributed by atoms with E-state index in [9.17, 15) is 0 Å². The van der Waals surface area contributed by atoms with Crippen LogP contribution in [0.5, 0.6) is 0 Å². The second-order valence-electron chi connectivity index (χ2n) is 10.3. The average Bonchev–Trinajstić information content (AvgIpc) is 3.46. The van der Waals surface area contributed by atoms with E-state index in [1.807, 2.05) is 18.3 Å². The minimum Gasteiger partial charge on any atom is -0.256 e. The van der Waals surface area contributed by atoms with Crippen LogP contribution in [0.1, 0.15) is 0 Å². The highest BCUT2D eigenvalue weighted by atomic mass is 15.2. The van der Waals surface area contributed by atoms with Crippen LogP contribution in [-0.4, -0.2) is 14.6 Å². The summed E-state index contributed by atoms with van der Waals surface area (Å²) in [4.78, 5) is 4.67. The third-order valence-electron chi connectivity index (χ3n) is 7.84. The molecular formula is C38H25N3. The molecule has 0 N–H and O–H groups in total. The highest BCUT2D eigenvalue weighted by Gasteiger charge is 2.21. The summed E-state index contributed by atoms with van der Waals surface area (Å²) in [5.41, 5.74) is 10.9. The molecule has 192 valence electrons.